The van der Waals surface area contributed by atoms with Gasteiger partial charge < -0.3 is 11.5 Å². The van der Waals surface area contributed by atoms with Gasteiger partial charge in [0.25, 0.3) is 0 Å². The maximum Gasteiger partial charge on any atom is 0.0234 e. The van der Waals surface area contributed by atoms with E-state index in [0.29, 0.717) is 11.8 Å². The van der Waals surface area contributed by atoms with Gasteiger partial charge in [0, 0.05) is 17.2 Å². The second-order valence-electron chi connectivity index (χ2n) is 5.05. The minimum atomic E-state index is -0.230. The molecule has 0 amide bonds. The molecule has 0 aromatic heterocycles. The highest BCUT2D eigenvalue weighted by atomic mass is 14.8. The number of rotatable bonds is 5. The first-order chi connectivity index (χ1) is 6.78. The summed E-state index contributed by atoms with van der Waals surface area (Å²) in [6, 6.07) is 0. The first kappa shape index (κ1) is 14.5. The lowest BCUT2D eigenvalue weighted by molar-refractivity contribution is 0.181. The second kappa shape index (κ2) is 5.55. The molecule has 4 N–H and O–H groups in total. The molecule has 0 aliphatic rings. The summed E-state index contributed by atoms with van der Waals surface area (Å²) in [5.41, 5.74) is 13.1. The van der Waals surface area contributed by atoms with Crippen molar-refractivity contribution in [1.29, 1.82) is 0 Å². The van der Waals surface area contributed by atoms with Gasteiger partial charge >= 0.3 is 0 Å². The van der Waals surface area contributed by atoms with E-state index in [-0.39, 0.29) is 11.5 Å². The molecule has 4 unspecified atom stereocenters. The molecule has 0 aliphatic heterocycles. The predicted molar refractivity (Wildman–Crippen MR) is 68.3 cm³/mol. The van der Waals surface area contributed by atoms with Crippen LogP contribution in [0, 0.1) is 17.8 Å². The van der Waals surface area contributed by atoms with E-state index in [1.807, 2.05) is 13.0 Å². The van der Waals surface area contributed by atoms with E-state index in [4.69, 9.17) is 11.5 Å². The molecule has 0 bridgehead atoms. The first-order valence-corrected chi connectivity index (χ1v) is 5.99. The van der Waals surface area contributed by atoms with Crippen LogP contribution >= 0.6 is 0 Å². The highest BCUT2D eigenvalue weighted by molar-refractivity contribution is 5.09. The Morgan fingerprint density at radius 2 is 1.80 bits per heavy atom. The summed E-state index contributed by atoms with van der Waals surface area (Å²) < 4.78 is 0. The Labute approximate surface area is 95.1 Å². The molecular weight excluding hydrogens is 184 g/mol. The molecule has 90 valence electrons. The molecule has 15 heavy (non-hydrogen) atoms. The number of hydrogen-bond acceptors (Lipinski definition) is 2. The zero-order chi connectivity index (χ0) is 12.2. The molecule has 0 heterocycles. The van der Waals surface area contributed by atoms with Crippen molar-refractivity contribution < 1.29 is 0 Å². The van der Waals surface area contributed by atoms with Gasteiger partial charge in [-0.25, -0.2) is 0 Å². The Hall–Kier alpha value is -0.500. The van der Waals surface area contributed by atoms with E-state index in [9.17, 15) is 0 Å². The zero-order valence-electron chi connectivity index (χ0n) is 11.2. The van der Waals surface area contributed by atoms with Crippen molar-refractivity contribution in [1.82, 2.24) is 0 Å². The summed E-state index contributed by atoms with van der Waals surface area (Å²) in [7, 11) is 0. The molecule has 0 aromatic rings. The van der Waals surface area contributed by atoms with Gasteiger partial charge in [-0.05, 0) is 25.7 Å². The van der Waals surface area contributed by atoms with Crippen molar-refractivity contribution in [2.24, 2.45) is 29.2 Å². The quantitative estimate of drug-likeness (QED) is 0.736. The molecule has 2 heteroatoms. The van der Waals surface area contributed by atoms with Crippen LogP contribution in [0.3, 0.4) is 0 Å². The van der Waals surface area contributed by atoms with Crippen LogP contribution in [0.4, 0.5) is 0 Å². The predicted octanol–water partition coefficient (Wildman–Crippen LogP) is 2.88. The molecular formula is C13H28N2. The van der Waals surface area contributed by atoms with E-state index in [0.717, 1.165) is 12.1 Å². The molecule has 0 saturated heterocycles. The minimum absolute atomic E-state index is 0.228. The van der Waals surface area contributed by atoms with Crippen LogP contribution in [-0.4, -0.2) is 5.54 Å². The van der Waals surface area contributed by atoms with Gasteiger partial charge in [-0.1, -0.05) is 40.2 Å². The second-order valence-corrected chi connectivity index (χ2v) is 5.05. The highest BCUT2D eigenvalue weighted by Gasteiger charge is 2.35. The Bertz CT molecular complexity index is 219. The van der Waals surface area contributed by atoms with Crippen LogP contribution in [0.25, 0.3) is 0 Å². The van der Waals surface area contributed by atoms with Gasteiger partial charge in [0.1, 0.15) is 0 Å². The molecule has 0 radical (unpaired) electrons. The molecule has 0 aliphatic carbocycles. The summed E-state index contributed by atoms with van der Waals surface area (Å²) in [6.45, 7) is 12.9. The summed E-state index contributed by atoms with van der Waals surface area (Å²) in [5, 5.41) is 0. The third-order valence-corrected chi connectivity index (χ3v) is 4.24. The smallest absolute Gasteiger partial charge is 0.0234 e. The van der Waals surface area contributed by atoms with E-state index in [1.165, 1.54) is 0 Å². The molecule has 0 saturated carbocycles. The van der Waals surface area contributed by atoms with Crippen molar-refractivity contribution >= 4 is 0 Å². The van der Waals surface area contributed by atoms with Crippen LogP contribution in [0.2, 0.25) is 0 Å². The van der Waals surface area contributed by atoms with Crippen LogP contribution in [-0.2, 0) is 0 Å². The SMILES string of the molecule is C/C=C(/N)C(C)C(C)(N)C(C)C(C)CC. The molecule has 0 aromatic carbocycles. The zero-order valence-corrected chi connectivity index (χ0v) is 11.2. The first-order valence-electron chi connectivity index (χ1n) is 5.99. The van der Waals surface area contributed by atoms with Gasteiger partial charge in [-0.2, -0.15) is 0 Å². The fourth-order valence-electron chi connectivity index (χ4n) is 1.97. The Morgan fingerprint density at radius 3 is 2.13 bits per heavy atom. The van der Waals surface area contributed by atoms with Crippen LogP contribution in [0.1, 0.15) is 48.0 Å². The Kier molecular flexibility index (Phi) is 5.36. The van der Waals surface area contributed by atoms with Crippen LogP contribution in [0.15, 0.2) is 11.8 Å². The third kappa shape index (κ3) is 3.23. The summed E-state index contributed by atoms with van der Waals surface area (Å²) in [5.74, 6) is 1.33. The average molecular weight is 212 g/mol. The van der Waals surface area contributed by atoms with Crippen molar-refractivity contribution in [3.8, 4) is 0 Å². The van der Waals surface area contributed by atoms with Crippen molar-refractivity contribution in [3.63, 3.8) is 0 Å². The maximum absolute atomic E-state index is 6.44. The minimum Gasteiger partial charge on any atom is -0.402 e. The summed E-state index contributed by atoms with van der Waals surface area (Å²) in [6.07, 6.45) is 3.12. The highest BCUT2D eigenvalue weighted by Crippen LogP contribution is 2.32. The lowest BCUT2D eigenvalue weighted by Crippen LogP contribution is -2.52. The molecule has 0 rings (SSSR count). The number of hydrogen-bond donors (Lipinski definition) is 2. The fraction of sp³-hybridized carbons (Fsp3) is 0.846. The summed E-state index contributed by atoms with van der Waals surface area (Å²) in [4.78, 5) is 0. The lowest BCUT2D eigenvalue weighted by Gasteiger charge is -2.40. The van der Waals surface area contributed by atoms with Gasteiger partial charge in [-0.3, -0.25) is 0 Å². The van der Waals surface area contributed by atoms with Crippen molar-refractivity contribution in [2.45, 2.75) is 53.5 Å². The monoisotopic (exact) mass is 212 g/mol. The maximum atomic E-state index is 6.44. The van der Waals surface area contributed by atoms with E-state index in [1.54, 1.807) is 0 Å². The molecule has 0 fully saturated rings. The van der Waals surface area contributed by atoms with Gasteiger partial charge in [0.05, 0.1) is 0 Å². The van der Waals surface area contributed by atoms with Gasteiger partial charge in [0.15, 0.2) is 0 Å². The summed E-state index contributed by atoms with van der Waals surface area (Å²) >= 11 is 0. The van der Waals surface area contributed by atoms with Gasteiger partial charge in [-0.15, -0.1) is 0 Å². The van der Waals surface area contributed by atoms with Crippen LogP contribution < -0.4 is 11.5 Å². The van der Waals surface area contributed by atoms with Crippen LogP contribution in [0.5, 0.6) is 0 Å². The van der Waals surface area contributed by atoms with E-state index in [2.05, 4.69) is 34.6 Å². The van der Waals surface area contributed by atoms with Crippen molar-refractivity contribution in [2.75, 3.05) is 0 Å². The fourth-order valence-corrected chi connectivity index (χ4v) is 1.97. The Balaban J connectivity index is 4.80. The van der Waals surface area contributed by atoms with E-state index < -0.39 is 0 Å². The van der Waals surface area contributed by atoms with Crippen molar-refractivity contribution in [3.05, 3.63) is 11.8 Å². The molecule has 0 spiro atoms. The normalized spacial score (nSPS) is 23.0. The standard InChI is InChI=1S/C13H28N2/c1-7-9(3)10(4)13(6,15)11(5)12(14)8-2/h8-11H,7,14-15H2,1-6H3/b12-8+. The largest absolute Gasteiger partial charge is 0.402 e. The average Bonchev–Trinajstić information content (AvgIpc) is 2.24. The van der Waals surface area contributed by atoms with E-state index >= 15 is 0 Å². The molecule has 4 atom stereocenters. The number of allylic oxidation sites excluding steroid dienone is 1. The lowest BCUT2D eigenvalue weighted by atomic mass is 9.70. The molecule has 2 nitrogen and oxygen atoms in total. The third-order valence-electron chi connectivity index (χ3n) is 4.24. The Morgan fingerprint density at radius 1 is 1.33 bits per heavy atom. The topological polar surface area (TPSA) is 52.0 Å². The number of nitrogens with two attached hydrogens (primary N) is 2. The van der Waals surface area contributed by atoms with Gasteiger partial charge in [0.2, 0.25) is 0 Å².